The monoisotopic (exact) mass is 666 g/mol. The van der Waals surface area contributed by atoms with Crippen LogP contribution in [0.2, 0.25) is 5.02 Å². The molecule has 4 N–H and O–H groups in total. The maximum Gasteiger partial charge on any atom is 0.407 e. The van der Waals surface area contributed by atoms with Gasteiger partial charge in [-0.2, -0.15) is 0 Å². The molecule has 2 aromatic carbocycles. The van der Waals surface area contributed by atoms with Crippen LogP contribution >= 0.6 is 11.6 Å². The van der Waals surface area contributed by atoms with Crippen molar-refractivity contribution < 1.29 is 19.8 Å². The first-order valence-electron chi connectivity index (χ1n) is 15.8. The summed E-state index contributed by atoms with van der Waals surface area (Å²) in [5.41, 5.74) is 7.09. The summed E-state index contributed by atoms with van der Waals surface area (Å²) in [6.45, 7) is 4.78. The van der Waals surface area contributed by atoms with Gasteiger partial charge in [0.05, 0.1) is 29.1 Å². The van der Waals surface area contributed by atoms with Gasteiger partial charge in [0.15, 0.2) is 11.6 Å². The number of halogens is 1. The van der Waals surface area contributed by atoms with Crippen LogP contribution in [-0.2, 0) is 26.6 Å². The van der Waals surface area contributed by atoms with Gasteiger partial charge in [0, 0.05) is 74.4 Å². The molecule has 12 nitrogen and oxygen atoms in total. The normalized spacial score (nSPS) is 16.2. The zero-order valence-electron chi connectivity index (χ0n) is 26.6. The van der Waals surface area contributed by atoms with Crippen molar-refractivity contribution in [3.05, 3.63) is 94.3 Å². The summed E-state index contributed by atoms with van der Waals surface area (Å²) >= 11 is 6.94. The van der Waals surface area contributed by atoms with Gasteiger partial charge in [-0.05, 0) is 54.3 Å². The van der Waals surface area contributed by atoms with E-state index in [-0.39, 0.29) is 18.5 Å². The number of carbonyl (C=O) groups is 2. The lowest BCUT2D eigenvalue weighted by atomic mass is 9.98. The molecule has 1 unspecified atom stereocenters. The van der Waals surface area contributed by atoms with Crippen molar-refractivity contribution in [2.45, 2.75) is 39.0 Å². The Balaban J connectivity index is 1.12. The molecule has 1 atom stereocenters. The number of fused-ring (bicyclic) bond motifs is 2. The Kier molecular flexibility index (Phi) is 8.46. The standard InChI is InChI=1S/C35H35ClN8O4/c1-20-24(5-3-7-26(20)39-32-31-22(9-12-37-32)15-21(16-38-31)17-43-13-10-23(45)18-43)25-6-4-8-27(30(25)36)41-34(46)33-40-28-19-44(35(47)48)14-11-29(28)42(33)2/h3-9,12,15-16,23,45H,10-11,13-14,17-19H2,1-2H3,(H,37,39)(H,41,46)(H,47,48). The van der Waals surface area contributed by atoms with Gasteiger partial charge in [-0.15, -0.1) is 0 Å². The highest BCUT2D eigenvalue weighted by molar-refractivity contribution is 6.36. The number of rotatable bonds is 7. The first kappa shape index (κ1) is 31.6. The lowest BCUT2D eigenvalue weighted by molar-refractivity contribution is 0.101. The molecule has 2 amide bonds. The van der Waals surface area contributed by atoms with E-state index < -0.39 is 12.0 Å². The first-order chi connectivity index (χ1) is 23.2. The van der Waals surface area contributed by atoms with E-state index in [2.05, 4.69) is 31.6 Å². The largest absolute Gasteiger partial charge is 0.465 e. The maximum absolute atomic E-state index is 13.4. The molecule has 13 heteroatoms. The third-order valence-electron chi connectivity index (χ3n) is 9.16. The molecule has 1 saturated heterocycles. The van der Waals surface area contributed by atoms with E-state index in [9.17, 15) is 19.8 Å². The second kappa shape index (κ2) is 12.9. The highest BCUT2D eigenvalue weighted by atomic mass is 35.5. The molecular formula is C35H35ClN8O4. The average Bonchev–Trinajstić information content (AvgIpc) is 3.64. The second-order valence-electron chi connectivity index (χ2n) is 12.3. The number of nitrogens with zero attached hydrogens (tertiary/aromatic N) is 6. The van der Waals surface area contributed by atoms with Crippen LogP contribution in [0, 0.1) is 6.92 Å². The molecule has 2 aliphatic rings. The van der Waals surface area contributed by atoms with E-state index in [0.29, 0.717) is 41.7 Å². The highest BCUT2D eigenvalue weighted by Crippen LogP contribution is 2.38. The predicted octanol–water partition coefficient (Wildman–Crippen LogP) is 5.59. The van der Waals surface area contributed by atoms with Crippen molar-refractivity contribution in [1.82, 2.24) is 29.3 Å². The number of β-amino-alcohol motifs (C(OH)–C–C–N with tert-alkyl or cyclic N) is 1. The number of aromatic nitrogens is 4. The van der Waals surface area contributed by atoms with Crippen molar-refractivity contribution in [1.29, 1.82) is 0 Å². The predicted molar refractivity (Wildman–Crippen MR) is 184 cm³/mol. The molecule has 0 spiro atoms. The van der Waals surface area contributed by atoms with Crippen LogP contribution in [0.3, 0.4) is 0 Å². The van der Waals surface area contributed by atoms with E-state index >= 15 is 0 Å². The Morgan fingerprint density at radius 2 is 1.85 bits per heavy atom. The lowest BCUT2D eigenvalue weighted by Crippen LogP contribution is -2.35. The number of hydrogen-bond donors (Lipinski definition) is 4. The van der Waals surface area contributed by atoms with Gasteiger partial charge in [0.2, 0.25) is 0 Å². The van der Waals surface area contributed by atoms with Gasteiger partial charge in [-0.25, -0.2) is 14.8 Å². The average molecular weight is 667 g/mol. The Morgan fingerprint density at radius 3 is 2.62 bits per heavy atom. The summed E-state index contributed by atoms with van der Waals surface area (Å²) in [6.07, 6.45) is 3.64. The summed E-state index contributed by atoms with van der Waals surface area (Å²) in [5, 5.41) is 27.0. The van der Waals surface area contributed by atoms with E-state index in [1.165, 1.54) is 4.90 Å². The summed E-state index contributed by atoms with van der Waals surface area (Å²) in [4.78, 5) is 42.2. The molecule has 246 valence electrons. The fraction of sp³-hybridized carbons (Fsp3) is 0.286. The molecule has 0 radical (unpaired) electrons. The molecule has 1 fully saturated rings. The number of likely N-dealkylation sites (tertiary alicyclic amines) is 1. The van der Waals surface area contributed by atoms with Crippen molar-refractivity contribution in [3.63, 3.8) is 0 Å². The molecule has 5 aromatic rings. The van der Waals surface area contributed by atoms with Gasteiger partial charge in [-0.3, -0.25) is 14.7 Å². The smallest absolute Gasteiger partial charge is 0.407 e. The Morgan fingerprint density at radius 1 is 1.06 bits per heavy atom. The van der Waals surface area contributed by atoms with Crippen LogP contribution in [0.15, 0.2) is 60.9 Å². The van der Waals surface area contributed by atoms with Crippen LogP contribution in [0.25, 0.3) is 22.0 Å². The number of carboxylic acid groups (broad SMARTS) is 1. The van der Waals surface area contributed by atoms with Crippen LogP contribution in [0.1, 0.15) is 39.6 Å². The Hall–Kier alpha value is -5.04. The maximum atomic E-state index is 13.4. The van der Waals surface area contributed by atoms with Crippen LogP contribution in [-0.4, -0.2) is 77.3 Å². The molecule has 3 aromatic heterocycles. The number of aliphatic hydroxyl groups is 1. The second-order valence-corrected chi connectivity index (χ2v) is 12.7. The number of hydrogen-bond acceptors (Lipinski definition) is 8. The van der Waals surface area contributed by atoms with E-state index in [1.54, 1.807) is 23.9 Å². The molecule has 0 aliphatic carbocycles. The summed E-state index contributed by atoms with van der Waals surface area (Å²) < 4.78 is 1.72. The fourth-order valence-corrected chi connectivity index (χ4v) is 6.87. The van der Waals surface area contributed by atoms with Crippen molar-refractivity contribution in [2.24, 2.45) is 7.05 Å². The minimum absolute atomic E-state index is 0.140. The van der Waals surface area contributed by atoms with Gasteiger partial charge < -0.3 is 30.3 Å². The SMILES string of the molecule is Cc1c(Nc2nccc3cc(CN4CCC(O)C4)cnc23)cccc1-c1cccc(NC(=O)c2nc3c(n2C)CCN(C(=O)O)C3)c1Cl. The third-order valence-corrected chi connectivity index (χ3v) is 9.57. The zero-order valence-corrected chi connectivity index (χ0v) is 27.3. The summed E-state index contributed by atoms with van der Waals surface area (Å²) in [6, 6.07) is 15.4. The number of benzene rings is 2. The van der Waals surface area contributed by atoms with Gasteiger partial charge in [-0.1, -0.05) is 35.9 Å². The molecule has 0 saturated carbocycles. The third kappa shape index (κ3) is 6.05. The van der Waals surface area contributed by atoms with E-state index in [1.807, 2.05) is 49.5 Å². The minimum atomic E-state index is -1.01. The Bertz CT molecular complexity index is 2060. The molecular weight excluding hydrogens is 632 g/mol. The molecule has 5 heterocycles. The number of anilines is 3. The van der Waals surface area contributed by atoms with Gasteiger partial charge in [0.25, 0.3) is 5.91 Å². The summed E-state index contributed by atoms with van der Waals surface area (Å²) in [7, 11) is 1.76. The number of carbonyl (C=O) groups excluding carboxylic acids is 1. The Labute approximate surface area is 282 Å². The molecule has 48 heavy (non-hydrogen) atoms. The van der Waals surface area contributed by atoms with Crippen LogP contribution < -0.4 is 10.6 Å². The first-order valence-corrected chi connectivity index (χ1v) is 16.2. The van der Waals surface area contributed by atoms with Gasteiger partial charge >= 0.3 is 6.09 Å². The van der Waals surface area contributed by atoms with Crippen LogP contribution in [0.4, 0.5) is 22.0 Å². The number of imidazole rings is 1. The van der Waals surface area contributed by atoms with Crippen molar-refractivity contribution >= 4 is 51.7 Å². The number of amides is 2. The minimum Gasteiger partial charge on any atom is -0.465 e. The van der Waals surface area contributed by atoms with Gasteiger partial charge in [0.1, 0.15) is 5.52 Å². The molecule has 0 bridgehead atoms. The number of nitrogens with one attached hydrogen (secondary N) is 2. The lowest BCUT2D eigenvalue weighted by Gasteiger charge is -2.23. The van der Waals surface area contributed by atoms with Crippen molar-refractivity contribution in [3.8, 4) is 11.1 Å². The molecule has 7 rings (SSSR count). The quantitative estimate of drug-likeness (QED) is 0.174. The topological polar surface area (TPSA) is 149 Å². The summed E-state index contributed by atoms with van der Waals surface area (Å²) in [5.74, 6) is 0.386. The van der Waals surface area contributed by atoms with Crippen molar-refractivity contribution in [2.75, 3.05) is 30.3 Å². The molecule has 2 aliphatic heterocycles. The number of pyridine rings is 2. The van der Waals surface area contributed by atoms with Crippen LogP contribution in [0.5, 0.6) is 0 Å². The van der Waals surface area contributed by atoms with E-state index in [0.717, 1.165) is 64.0 Å². The fourth-order valence-electron chi connectivity index (χ4n) is 6.60. The number of aliphatic hydroxyl groups excluding tert-OH is 1. The van der Waals surface area contributed by atoms with E-state index in [4.69, 9.17) is 16.6 Å². The highest BCUT2D eigenvalue weighted by Gasteiger charge is 2.28. The zero-order chi connectivity index (χ0) is 33.5.